The van der Waals surface area contributed by atoms with Gasteiger partial charge in [-0.1, -0.05) is 11.6 Å². The van der Waals surface area contributed by atoms with Crippen LogP contribution in [-0.2, 0) is 11.3 Å². The van der Waals surface area contributed by atoms with Gasteiger partial charge in [0.25, 0.3) is 0 Å². The van der Waals surface area contributed by atoms with Gasteiger partial charge in [0, 0.05) is 37.0 Å². The van der Waals surface area contributed by atoms with Crippen molar-refractivity contribution in [3.63, 3.8) is 0 Å². The highest BCUT2D eigenvalue weighted by Gasteiger charge is 2.27. The molecule has 0 saturated carbocycles. The smallest absolute Gasteiger partial charge is 0.410 e. The maximum Gasteiger partial charge on any atom is 0.410 e. The molecule has 148 valence electrons. The summed E-state index contributed by atoms with van der Waals surface area (Å²) in [5, 5.41) is 13.9. The van der Waals surface area contributed by atoms with Gasteiger partial charge < -0.3 is 9.64 Å². The number of rotatable bonds is 3. The van der Waals surface area contributed by atoms with Crippen molar-refractivity contribution in [2.75, 3.05) is 13.1 Å². The lowest BCUT2D eigenvalue weighted by atomic mass is 9.97. The van der Waals surface area contributed by atoms with Gasteiger partial charge in [-0.2, -0.15) is 10.4 Å². The Hall–Kier alpha value is -2.81. The van der Waals surface area contributed by atoms with E-state index >= 15 is 0 Å². The van der Waals surface area contributed by atoms with Gasteiger partial charge in [0.1, 0.15) is 5.60 Å². The molecule has 0 aliphatic carbocycles. The minimum absolute atomic E-state index is 0.226. The number of aromatic nitrogens is 2. The van der Waals surface area contributed by atoms with Gasteiger partial charge in [0.05, 0.1) is 17.8 Å². The van der Waals surface area contributed by atoms with E-state index in [9.17, 15) is 10.1 Å². The molecule has 1 aliphatic rings. The molecule has 0 N–H and O–H groups in total. The lowest BCUT2D eigenvalue weighted by Gasteiger charge is -2.33. The average Bonchev–Trinajstić information content (AvgIpc) is 3.09. The number of nitrogens with zero attached hydrogens (tertiary/aromatic N) is 4. The fraction of sp³-hybridized carbons (Fsp3) is 0.500. The van der Waals surface area contributed by atoms with Crippen LogP contribution in [0.1, 0.15) is 44.7 Å². The van der Waals surface area contributed by atoms with Crippen LogP contribution in [0.5, 0.6) is 0 Å². The number of nitriles is 1. The molecule has 6 nitrogen and oxygen atoms in total. The Morgan fingerprint density at radius 1 is 1.32 bits per heavy atom. The van der Waals surface area contributed by atoms with Crippen LogP contribution in [0.4, 0.5) is 4.79 Å². The van der Waals surface area contributed by atoms with Gasteiger partial charge in [0.15, 0.2) is 0 Å². The van der Waals surface area contributed by atoms with Crippen molar-refractivity contribution in [1.82, 2.24) is 14.7 Å². The van der Waals surface area contributed by atoms with Gasteiger partial charge in [-0.05, 0) is 58.6 Å². The van der Waals surface area contributed by atoms with Crippen LogP contribution >= 0.6 is 0 Å². The zero-order chi connectivity index (χ0) is 20.3. The lowest BCUT2D eigenvalue weighted by Crippen LogP contribution is -2.42. The van der Waals surface area contributed by atoms with E-state index in [1.54, 1.807) is 4.90 Å². The molecule has 0 spiro atoms. The van der Waals surface area contributed by atoms with E-state index in [2.05, 4.69) is 11.2 Å². The van der Waals surface area contributed by atoms with Crippen molar-refractivity contribution in [1.29, 1.82) is 5.26 Å². The molecule has 28 heavy (non-hydrogen) atoms. The van der Waals surface area contributed by atoms with Gasteiger partial charge in [0.2, 0.25) is 0 Å². The molecule has 1 aromatic carbocycles. The molecule has 0 radical (unpaired) electrons. The van der Waals surface area contributed by atoms with Crippen molar-refractivity contribution in [2.24, 2.45) is 5.92 Å². The van der Waals surface area contributed by atoms with Crippen LogP contribution in [0.2, 0.25) is 0 Å². The second kappa shape index (κ2) is 8.05. The molecule has 0 bridgehead atoms. The Morgan fingerprint density at radius 3 is 2.68 bits per heavy atom. The first-order valence-corrected chi connectivity index (χ1v) is 9.76. The number of piperidine rings is 1. The van der Waals surface area contributed by atoms with Crippen molar-refractivity contribution < 1.29 is 9.53 Å². The fourth-order valence-electron chi connectivity index (χ4n) is 3.49. The second-order valence-electron chi connectivity index (χ2n) is 8.52. The largest absolute Gasteiger partial charge is 0.444 e. The lowest BCUT2D eigenvalue weighted by molar-refractivity contribution is 0.0177. The van der Waals surface area contributed by atoms with Crippen LogP contribution in [0.15, 0.2) is 30.6 Å². The maximum atomic E-state index is 12.2. The number of ether oxygens (including phenoxy) is 1. The van der Waals surface area contributed by atoms with Crippen LogP contribution in [0.25, 0.3) is 11.1 Å². The molecule has 0 atom stereocenters. The topological polar surface area (TPSA) is 71.2 Å². The third-order valence-electron chi connectivity index (χ3n) is 4.95. The van der Waals surface area contributed by atoms with Crippen molar-refractivity contribution >= 4 is 6.09 Å². The summed E-state index contributed by atoms with van der Waals surface area (Å²) in [6.45, 7) is 9.93. The number of carbonyl (C=O) groups excluding carboxylic acids is 1. The highest BCUT2D eigenvalue weighted by Crippen LogP contribution is 2.26. The molecule has 1 fully saturated rings. The molecule has 0 unspecified atom stereocenters. The average molecular weight is 380 g/mol. The summed E-state index contributed by atoms with van der Waals surface area (Å²) in [5.74, 6) is 0.472. The van der Waals surface area contributed by atoms with Gasteiger partial charge >= 0.3 is 6.09 Å². The molecule has 1 aromatic heterocycles. The SMILES string of the molecule is Cc1ccc(C#N)c(-c2cnn(CC3CCN(C(=O)OC(C)(C)C)CC3)c2)c1. The maximum absolute atomic E-state index is 12.2. The Kier molecular flexibility index (Phi) is 5.73. The standard InChI is InChI=1S/C22H28N4O2/c1-16-5-6-18(12-23)20(11-16)19-13-24-26(15-19)14-17-7-9-25(10-8-17)21(27)28-22(2,3)4/h5-6,11,13,15,17H,7-10,14H2,1-4H3. The first-order chi connectivity index (χ1) is 13.2. The van der Waals surface area contributed by atoms with Crippen LogP contribution in [-0.4, -0.2) is 39.5 Å². The van der Waals surface area contributed by atoms with Crippen molar-refractivity contribution in [3.8, 4) is 17.2 Å². The Balaban J connectivity index is 1.59. The van der Waals surface area contributed by atoms with Crippen LogP contribution in [0.3, 0.4) is 0 Å². The normalized spacial score (nSPS) is 15.3. The molecule has 2 heterocycles. The molecule has 6 heteroatoms. The number of benzene rings is 1. The molecule has 3 rings (SSSR count). The molecule has 1 saturated heterocycles. The highest BCUT2D eigenvalue weighted by atomic mass is 16.6. The van der Waals surface area contributed by atoms with Crippen molar-refractivity contribution in [2.45, 2.75) is 52.7 Å². The number of hydrogen-bond donors (Lipinski definition) is 0. The zero-order valence-corrected chi connectivity index (χ0v) is 17.1. The van der Waals surface area contributed by atoms with E-state index in [1.807, 2.05) is 63.0 Å². The summed E-state index contributed by atoms with van der Waals surface area (Å²) in [6.07, 6.45) is 5.47. The van der Waals surface area contributed by atoms with Gasteiger partial charge in [-0.15, -0.1) is 0 Å². The van der Waals surface area contributed by atoms with Crippen LogP contribution in [0, 0.1) is 24.2 Å². The molecular formula is C22H28N4O2. The molecular weight excluding hydrogens is 352 g/mol. The molecule has 1 aliphatic heterocycles. The van der Waals surface area contributed by atoms with Gasteiger partial charge in [-0.25, -0.2) is 4.79 Å². The number of aryl methyl sites for hydroxylation is 1. The Bertz CT molecular complexity index is 881. The van der Waals surface area contributed by atoms with Crippen molar-refractivity contribution in [3.05, 3.63) is 41.7 Å². The summed E-state index contributed by atoms with van der Waals surface area (Å²) in [4.78, 5) is 14.0. The molecule has 2 aromatic rings. The highest BCUT2D eigenvalue weighted by molar-refractivity contribution is 5.70. The minimum atomic E-state index is -0.461. The Labute approximate surface area is 166 Å². The zero-order valence-electron chi connectivity index (χ0n) is 17.1. The summed E-state index contributed by atoms with van der Waals surface area (Å²) >= 11 is 0. The predicted molar refractivity (Wildman–Crippen MR) is 108 cm³/mol. The van der Waals surface area contributed by atoms with E-state index < -0.39 is 5.60 Å². The summed E-state index contributed by atoms with van der Waals surface area (Å²) in [5.41, 5.74) is 3.21. The number of likely N-dealkylation sites (tertiary alicyclic amines) is 1. The van der Waals surface area contributed by atoms with E-state index in [0.29, 0.717) is 24.6 Å². The third-order valence-corrected chi connectivity index (χ3v) is 4.95. The van der Waals surface area contributed by atoms with Crippen LogP contribution < -0.4 is 0 Å². The van der Waals surface area contributed by atoms with E-state index in [0.717, 1.165) is 36.1 Å². The third kappa shape index (κ3) is 4.92. The first-order valence-electron chi connectivity index (χ1n) is 9.76. The first kappa shape index (κ1) is 19.9. The fourth-order valence-corrected chi connectivity index (χ4v) is 3.49. The number of hydrogen-bond acceptors (Lipinski definition) is 4. The second-order valence-corrected chi connectivity index (χ2v) is 8.52. The summed E-state index contributed by atoms with van der Waals surface area (Å²) < 4.78 is 7.41. The monoisotopic (exact) mass is 380 g/mol. The number of amides is 1. The quantitative estimate of drug-likeness (QED) is 0.792. The summed E-state index contributed by atoms with van der Waals surface area (Å²) in [6, 6.07) is 8.09. The van der Waals surface area contributed by atoms with E-state index in [-0.39, 0.29) is 6.09 Å². The minimum Gasteiger partial charge on any atom is -0.444 e. The molecule has 1 amide bonds. The Morgan fingerprint density at radius 2 is 2.04 bits per heavy atom. The predicted octanol–water partition coefficient (Wildman–Crippen LogP) is 4.38. The summed E-state index contributed by atoms with van der Waals surface area (Å²) in [7, 11) is 0. The van der Waals surface area contributed by atoms with Gasteiger partial charge in [-0.3, -0.25) is 4.68 Å². The van der Waals surface area contributed by atoms with E-state index in [4.69, 9.17) is 4.74 Å². The number of carbonyl (C=O) groups is 1. The van der Waals surface area contributed by atoms with E-state index in [1.165, 1.54) is 0 Å².